The lowest BCUT2D eigenvalue weighted by molar-refractivity contribution is -0.143. The second-order valence-electron chi connectivity index (χ2n) is 3.87. The Morgan fingerprint density at radius 3 is 2.00 bits per heavy atom. The van der Waals surface area contributed by atoms with Gasteiger partial charge >= 0.3 is 5.97 Å². The summed E-state index contributed by atoms with van der Waals surface area (Å²) in [4.78, 5) is 21.6. The summed E-state index contributed by atoms with van der Waals surface area (Å²) >= 11 is 0. The molecule has 0 saturated heterocycles. The van der Waals surface area contributed by atoms with Crippen LogP contribution >= 0.6 is 0 Å². The van der Waals surface area contributed by atoms with Gasteiger partial charge in [0.15, 0.2) is 0 Å². The van der Waals surface area contributed by atoms with Crippen LogP contribution in [0.5, 0.6) is 0 Å². The topological polar surface area (TPSA) is 54.4 Å². The molecule has 0 aromatic carbocycles. The summed E-state index contributed by atoms with van der Waals surface area (Å²) in [6.45, 7) is 7.39. The SMILES string of the molecule is CC(C)C(C)(C)C(=O)CC(=O)O. The standard InChI is InChI=1S/C9H16O3/c1-6(2)9(3,4)7(10)5-8(11)12/h6H,5H2,1-4H3,(H,11,12). The smallest absolute Gasteiger partial charge is 0.310 e. The zero-order valence-electron chi connectivity index (χ0n) is 8.05. The Balaban J connectivity index is 4.36. The summed E-state index contributed by atoms with van der Waals surface area (Å²) in [7, 11) is 0. The van der Waals surface area contributed by atoms with Crippen LogP contribution in [-0.2, 0) is 9.59 Å². The van der Waals surface area contributed by atoms with Gasteiger partial charge in [0, 0.05) is 5.41 Å². The minimum atomic E-state index is -1.05. The number of carboxylic acids is 1. The number of hydrogen-bond donors (Lipinski definition) is 1. The molecule has 1 N–H and O–H groups in total. The molecule has 0 fully saturated rings. The number of ketones is 1. The van der Waals surface area contributed by atoms with E-state index in [0.717, 1.165) is 0 Å². The van der Waals surface area contributed by atoms with Gasteiger partial charge in [-0.05, 0) is 5.92 Å². The maximum Gasteiger partial charge on any atom is 0.310 e. The molecule has 0 amide bonds. The van der Waals surface area contributed by atoms with Crippen LogP contribution in [0.4, 0.5) is 0 Å². The summed E-state index contributed by atoms with van der Waals surface area (Å²) in [5.41, 5.74) is -0.529. The van der Waals surface area contributed by atoms with E-state index in [1.807, 2.05) is 13.8 Å². The van der Waals surface area contributed by atoms with Gasteiger partial charge in [-0.15, -0.1) is 0 Å². The molecule has 0 heterocycles. The van der Waals surface area contributed by atoms with Crippen LogP contribution in [-0.4, -0.2) is 16.9 Å². The van der Waals surface area contributed by atoms with E-state index in [4.69, 9.17) is 5.11 Å². The van der Waals surface area contributed by atoms with Gasteiger partial charge in [-0.1, -0.05) is 27.7 Å². The first kappa shape index (κ1) is 11.1. The molecule has 0 aliphatic rings. The van der Waals surface area contributed by atoms with Crippen molar-refractivity contribution >= 4 is 11.8 Å². The Labute approximate surface area is 72.8 Å². The highest BCUT2D eigenvalue weighted by atomic mass is 16.4. The van der Waals surface area contributed by atoms with Gasteiger partial charge in [0.25, 0.3) is 0 Å². The Morgan fingerprint density at radius 1 is 1.33 bits per heavy atom. The van der Waals surface area contributed by atoms with Crippen molar-refractivity contribution < 1.29 is 14.7 Å². The number of Topliss-reactive ketones (excluding diaryl/α,β-unsaturated/α-hetero) is 1. The van der Waals surface area contributed by atoms with Crippen LogP contribution in [0.3, 0.4) is 0 Å². The first-order chi connectivity index (χ1) is 5.28. The van der Waals surface area contributed by atoms with E-state index < -0.39 is 11.4 Å². The largest absolute Gasteiger partial charge is 0.481 e. The Bertz CT molecular complexity index is 192. The van der Waals surface area contributed by atoms with E-state index in [9.17, 15) is 9.59 Å². The summed E-state index contributed by atoms with van der Waals surface area (Å²) in [6, 6.07) is 0. The molecular weight excluding hydrogens is 156 g/mol. The molecule has 0 aliphatic carbocycles. The number of carbonyl (C=O) groups excluding carboxylic acids is 1. The van der Waals surface area contributed by atoms with Gasteiger partial charge in [0.2, 0.25) is 0 Å². The van der Waals surface area contributed by atoms with Crippen molar-refractivity contribution in [3.05, 3.63) is 0 Å². The molecular formula is C9H16O3. The molecule has 0 aliphatic heterocycles. The van der Waals surface area contributed by atoms with E-state index in [1.165, 1.54) is 0 Å². The van der Waals surface area contributed by atoms with Gasteiger partial charge in [-0.2, -0.15) is 0 Å². The van der Waals surface area contributed by atoms with E-state index in [2.05, 4.69) is 0 Å². The molecule has 70 valence electrons. The predicted molar refractivity (Wildman–Crippen MR) is 45.9 cm³/mol. The number of aliphatic carboxylic acids is 1. The molecule has 3 nitrogen and oxygen atoms in total. The Hall–Kier alpha value is -0.860. The molecule has 0 aromatic rings. The maximum atomic E-state index is 11.3. The fourth-order valence-corrected chi connectivity index (χ4v) is 0.687. The lowest BCUT2D eigenvalue weighted by Crippen LogP contribution is -2.31. The minimum absolute atomic E-state index is 0.171. The van der Waals surface area contributed by atoms with E-state index >= 15 is 0 Å². The summed E-state index contributed by atoms with van der Waals surface area (Å²) in [5, 5.41) is 8.41. The van der Waals surface area contributed by atoms with E-state index in [0.29, 0.717) is 0 Å². The van der Waals surface area contributed by atoms with Crippen LogP contribution in [0.2, 0.25) is 0 Å². The van der Waals surface area contributed by atoms with Gasteiger partial charge < -0.3 is 5.11 Å². The molecule has 0 unspecified atom stereocenters. The van der Waals surface area contributed by atoms with Crippen molar-refractivity contribution in [1.82, 2.24) is 0 Å². The van der Waals surface area contributed by atoms with E-state index in [-0.39, 0.29) is 18.1 Å². The monoisotopic (exact) mass is 172 g/mol. The average molecular weight is 172 g/mol. The lowest BCUT2D eigenvalue weighted by atomic mass is 9.76. The predicted octanol–water partition coefficient (Wildman–Crippen LogP) is 1.71. The van der Waals surface area contributed by atoms with Crippen LogP contribution in [0.1, 0.15) is 34.1 Å². The van der Waals surface area contributed by atoms with Crippen molar-refractivity contribution in [1.29, 1.82) is 0 Å². The fourth-order valence-electron chi connectivity index (χ4n) is 0.687. The van der Waals surface area contributed by atoms with Gasteiger partial charge in [-0.3, -0.25) is 9.59 Å². The highest BCUT2D eigenvalue weighted by molar-refractivity contribution is 5.97. The molecule has 0 spiro atoms. The average Bonchev–Trinajstić information content (AvgIpc) is 1.85. The summed E-state index contributed by atoms with van der Waals surface area (Å²) in [5.74, 6) is -1.08. The Kier molecular flexibility index (Phi) is 3.43. The molecule has 0 rings (SSSR count). The van der Waals surface area contributed by atoms with Gasteiger partial charge in [-0.25, -0.2) is 0 Å². The summed E-state index contributed by atoms with van der Waals surface area (Å²) in [6.07, 6.45) is -0.370. The molecule has 0 aromatic heterocycles. The second kappa shape index (κ2) is 3.70. The van der Waals surface area contributed by atoms with E-state index in [1.54, 1.807) is 13.8 Å². The molecule has 0 saturated carbocycles. The quantitative estimate of drug-likeness (QED) is 0.657. The van der Waals surface area contributed by atoms with Crippen molar-refractivity contribution in [3.63, 3.8) is 0 Å². The zero-order valence-corrected chi connectivity index (χ0v) is 8.05. The molecule has 0 radical (unpaired) electrons. The first-order valence-corrected chi connectivity index (χ1v) is 4.03. The summed E-state index contributed by atoms with van der Waals surface area (Å²) < 4.78 is 0. The zero-order chi connectivity index (χ0) is 9.94. The second-order valence-corrected chi connectivity index (χ2v) is 3.87. The minimum Gasteiger partial charge on any atom is -0.481 e. The third-order valence-electron chi connectivity index (χ3n) is 2.47. The van der Waals surface area contributed by atoms with Gasteiger partial charge in [0.05, 0.1) is 0 Å². The highest BCUT2D eigenvalue weighted by Crippen LogP contribution is 2.28. The van der Waals surface area contributed by atoms with Crippen molar-refractivity contribution in [3.8, 4) is 0 Å². The highest BCUT2D eigenvalue weighted by Gasteiger charge is 2.31. The first-order valence-electron chi connectivity index (χ1n) is 4.03. The molecule has 3 heteroatoms. The number of rotatable bonds is 4. The number of carbonyl (C=O) groups is 2. The molecule has 0 atom stereocenters. The van der Waals surface area contributed by atoms with Crippen molar-refractivity contribution in [2.45, 2.75) is 34.1 Å². The number of carboxylic acid groups (broad SMARTS) is 1. The Morgan fingerprint density at radius 2 is 1.75 bits per heavy atom. The van der Waals surface area contributed by atoms with Crippen LogP contribution in [0.25, 0.3) is 0 Å². The third kappa shape index (κ3) is 2.64. The van der Waals surface area contributed by atoms with Gasteiger partial charge in [0.1, 0.15) is 12.2 Å². The van der Waals surface area contributed by atoms with Crippen LogP contribution < -0.4 is 0 Å². The van der Waals surface area contributed by atoms with Crippen molar-refractivity contribution in [2.75, 3.05) is 0 Å². The maximum absolute atomic E-state index is 11.3. The lowest BCUT2D eigenvalue weighted by Gasteiger charge is -2.26. The molecule has 12 heavy (non-hydrogen) atoms. The van der Waals surface area contributed by atoms with Crippen LogP contribution in [0, 0.1) is 11.3 Å². The van der Waals surface area contributed by atoms with Crippen molar-refractivity contribution in [2.24, 2.45) is 11.3 Å². The molecule has 0 bridgehead atoms. The normalized spacial score (nSPS) is 11.8. The number of hydrogen-bond acceptors (Lipinski definition) is 2. The van der Waals surface area contributed by atoms with Crippen LogP contribution in [0.15, 0.2) is 0 Å². The fraction of sp³-hybridized carbons (Fsp3) is 0.778. The third-order valence-corrected chi connectivity index (χ3v) is 2.47.